The molecule has 0 radical (unpaired) electrons. The standard InChI is InChI=1S/C15H12N2S/c16-15-10-14(18-11-6-2-1-3-7-11)12-8-4-5-9-13(12)17-15/h1-10H,(H2,16,17). The van der Waals surface area contributed by atoms with E-state index >= 15 is 0 Å². The van der Waals surface area contributed by atoms with Crippen LogP contribution >= 0.6 is 11.8 Å². The summed E-state index contributed by atoms with van der Waals surface area (Å²) in [6, 6.07) is 20.3. The van der Waals surface area contributed by atoms with Crippen molar-refractivity contribution in [1.82, 2.24) is 4.98 Å². The van der Waals surface area contributed by atoms with Gasteiger partial charge in [-0.25, -0.2) is 4.98 Å². The van der Waals surface area contributed by atoms with Gasteiger partial charge in [-0.3, -0.25) is 0 Å². The number of rotatable bonds is 2. The van der Waals surface area contributed by atoms with Crippen LogP contribution in [0.4, 0.5) is 5.82 Å². The molecular formula is C15H12N2S. The Kier molecular flexibility index (Phi) is 2.90. The van der Waals surface area contributed by atoms with Crippen molar-refractivity contribution in [2.75, 3.05) is 5.73 Å². The lowest BCUT2D eigenvalue weighted by Gasteiger charge is -2.07. The molecule has 3 aromatic rings. The van der Waals surface area contributed by atoms with E-state index in [9.17, 15) is 0 Å². The second-order valence-corrected chi connectivity index (χ2v) is 5.09. The van der Waals surface area contributed by atoms with E-state index in [1.54, 1.807) is 11.8 Å². The molecule has 0 atom stereocenters. The topological polar surface area (TPSA) is 38.9 Å². The number of pyridine rings is 1. The second kappa shape index (κ2) is 4.70. The van der Waals surface area contributed by atoms with Crippen molar-refractivity contribution < 1.29 is 0 Å². The fourth-order valence-corrected chi connectivity index (χ4v) is 2.87. The van der Waals surface area contributed by atoms with Gasteiger partial charge in [0.05, 0.1) is 5.52 Å². The highest BCUT2D eigenvalue weighted by Gasteiger charge is 2.05. The second-order valence-electron chi connectivity index (χ2n) is 3.98. The van der Waals surface area contributed by atoms with E-state index in [0.717, 1.165) is 15.8 Å². The van der Waals surface area contributed by atoms with Crippen LogP contribution in [0.1, 0.15) is 0 Å². The Morgan fingerprint density at radius 3 is 2.44 bits per heavy atom. The van der Waals surface area contributed by atoms with Crippen molar-refractivity contribution in [3.8, 4) is 0 Å². The maximum absolute atomic E-state index is 5.85. The van der Waals surface area contributed by atoms with Gasteiger partial charge in [0, 0.05) is 15.2 Å². The van der Waals surface area contributed by atoms with E-state index in [1.807, 2.05) is 42.5 Å². The molecular weight excluding hydrogens is 240 g/mol. The van der Waals surface area contributed by atoms with Gasteiger partial charge in [0.1, 0.15) is 5.82 Å². The summed E-state index contributed by atoms with van der Waals surface area (Å²) in [5.41, 5.74) is 6.79. The number of anilines is 1. The number of nitrogen functional groups attached to an aromatic ring is 1. The summed E-state index contributed by atoms with van der Waals surface area (Å²) in [5.74, 6) is 0.562. The summed E-state index contributed by atoms with van der Waals surface area (Å²) >= 11 is 1.71. The van der Waals surface area contributed by atoms with Gasteiger partial charge in [-0.05, 0) is 24.3 Å². The molecule has 2 aromatic carbocycles. The number of fused-ring (bicyclic) bond motifs is 1. The summed E-state index contributed by atoms with van der Waals surface area (Å²) < 4.78 is 0. The van der Waals surface area contributed by atoms with Crippen LogP contribution < -0.4 is 5.73 Å². The summed E-state index contributed by atoms with van der Waals surface area (Å²) in [6.45, 7) is 0. The molecule has 0 bridgehead atoms. The van der Waals surface area contributed by atoms with Crippen LogP contribution in [0.2, 0.25) is 0 Å². The van der Waals surface area contributed by atoms with E-state index in [-0.39, 0.29) is 0 Å². The Hall–Kier alpha value is -2.00. The lowest BCUT2D eigenvalue weighted by Crippen LogP contribution is -1.91. The van der Waals surface area contributed by atoms with Crippen molar-refractivity contribution in [3.63, 3.8) is 0 Å². The normalized spacial score (nSPS) is 10.7. The van der Waals surface area contributed by atoms with Gasteiger partial charge in [0.25, 0.3) is 0 Å². The molecule has 2 nitrogen and oxygen atoms in total. The highest BCUT2D eigenvalue weighted by Crippen LogP contribution is 2.33. The summed E-state index contributed by atoms with van der Waals surface area (Å²) in [7, 11) is 0. The van der Waals surface area contributed by atoms with E-state index in [4.69, 9.17) is 5.73 Å². The smallest absolute Gasteiger partial charge is 0.125 e. The minimum absolute atomic E-state index is 0.562. The van der Waals surface area contributed by atoms with Gasteiger partial charge in [-0.1, -0.05) is 48.2 Å². The number of aromatic nitrogens is 1. The summed E-state index contributed by atoms with van der Waals surface area (Å²) in [4.78, 5) is 6.69. The fraction of sp³-hybridized carbons (Fsp3) is 0. The Labute approximate surface area is 110 Å². The first-order valence-electron chi connectivity index (χ1n) is 5.71. The largest absolute Gasteiger partial charge is 0.384 e. The molecule has 88 valence electrons. The maximum atomic E-state index is 5.85. The Bertz CT molecular complexity index is 680. The van der Waals surface area contributed by atoms with Crippen LogP contribution in [0.25, 0.3) is 10.9 Å². The average Bonchev–Trinajstić information content (AvgIpc) is 2.40. The number of nitrogens with zero attached hydrogens (tertiary/aromatic N) is 1. The zero-order valence-corrected chi connectivity index (χ0v) is 10.5. The van der Waals surface area contributed by atoms with Crippen LogP contribution in [0, 0.1) is 0 Å². The van der Waals surface area contributed by atoms with Gasteiger partial charge in [-0.2, -0.15) is 0 Å². The number of hydrogen-bond donors (Lipinski definition) is 1. The zero-order chi connectivity index (χ0) is 12.4. The van der Waals surface area contributed by atoms with Crippen LogP contribution in [-0.2, 0) is 0 Å². The Balaban J connectivity index is 2.11. The summed E-state index contributed by atoms with van der Waals surface area (Å²) in [5, 5.41) is 1.14. The van der Waals surface area contributed by atoms with E-state index in [0.29, 0.717) is 5.82 Å². The molecule has 18 heavy (non-hydrogen) atoms. The van der Waals surface area contributed by atoms with E-state index in [1.165, 1.54) is 4.90 Å². The zero-order valence-electron chi connectivity index (χ0n) is 9.71. The van der Waals surface area contributed by atoms with E-state index in [2.05, 4.69) is 23.2 Å². The molecule has 2 N–H and O–H groups in total. The van der Waals surface area contributed by atoms with Crippen LogP contribution in [0.5, 0.6) is 0 Å². The predicted molar refractivity (Wildman–Crippen MR) is 76.7 cm³/mol. The highest BCUT2D eigenvalue weighted by atomic mass is 32.2. The number of para-hydroxylation sites is 1. The lowest BCUT2D eigenvalue weighted by molar-refractivity contribution is 1.35. The monoisotopic (exact) mass is 252 g/mol. The van der Waals surface area contributed by atoms with Crippen molar-refractivity contribution in [2.45, 2.75) is 9.79 Å². The molecule has 1 heterocycles. The first-order chi connectivity index (χ1) is 8.83. The first-order valence-corrected chi connectivity index (χ1v) is 6.53. The Morgan fingerprint density at radius 1 is 0.889 bits per heavy atom. The van der Waals surface area contributed by atoms with Crippen molar-refractivity contribution in [1.29, 1.82) is 0 Å². The highest BCUT2D eigenvalue weighted by molar-refractivity contribution is 7.99. The number of benzene rings is 2. The quantitative estimate of drug-likeness (QED) is 0.750. The lowest BCUT2D eigenvalue weighted by atomic mass is 10.2. The van der Waals surface area contributed by atoms with Crippen LogP contribution in [0.15, 0.2) is 70.5 Å². The molecule has 0 fully saturated rings. The minimum Gasteiger partial charge on any atom is -0.384 e. The molecule has 0 saturated heterocycles. The predicted octanol–water partition coefficient (Wildman–Crippen LogP) is 3.97. The fourth-order valence-electron chi connectivity index (χ4n) is 1.86. The first kappa shape index (κ1) is 11.1. The van der Waals surface area contributed by atoms with Gasteiger partial charge in [0.2, 0.25) is 0 Å². The number of hydrogen-bond acceptors (Lipinski definition) is 3. The van der Waals surface area contributed by atoms with Crippen LogP contribution in [0.3, 0.4) is 0 Å². The van der Waals surface area contributed by atoms with Gasteiger partial charge in [0.15, 0.2) is 0 Å². The SMILES string of the molecule is Nc1cc(Sc2ccccc2)c2ccccc2n1. The molecule has 0 amide bonds. The van der Waals surface area contributed by atoms with Crippen molar-refractivity contribution in [2.24, 2.45) is 0 Å². The third-order valence-electron chi connectivity index (χ3n) is 2.67. The minimum atomic E-state index is 0.562. The molecule has 0 spiro atoms. The van der Waals surface area contributed by atoms with Gasteiger partial charge >= 0.3 is 0 Å². The van der Waals surface area contributed by atoms with Gasteiger partial charge < -0.3 is 5.73 Å². The molecule has 0 aliphatic carbocycles. The molecule has 0 aliphatic heterocycles. The van der Waals surface area contributed by atoms with Gasteiger partial charge in [-0.15, -0.1) is 0 Å². The summed E-state index contributed by atoms with van der Waals surface area (Å²) in [6.07, 6.45) is 0. The molecule has 0 unspecified atom stereocenters. The molecule has 0 saturated carbocycles. The Morgan fingerprint density at radius 2 is 1.61 bits per heavy atom. The maximum Gasteiger partial charge on any atom is 0.125 e. The number of nitrogens with two attached hydrogens (primary N) is 1. The van der Waals surface area contributed by atoms with Crippen molar-refractivity contribution in [3.05, 3.63) is 60.7 Å². The van der Waals surface area contributed by atoms with E-state index < -0.39 is 0 Å². The third kappa shape index (κ3) is 2.17. The van der Waals surface area contributed by atoms with Crippen LogP contribution in [-0.4, -0.2) is 4.98 Å². The third-order valence-corrected chi connectivity index (χ3v) is 3.73. The molecule has 3 rings (SSSR count). The van der Waals surface area contributed by atoms with Crippen molar-refractivity contribution >= 4 is 28.5 Å². The molecule has 0 aliphatic rings. The average molecular weight is 252 g/mol. The molecule has 1 aromatic heterocycles. The molecule has 3 heteroatoms.